The molecule has 0 amide bonds. The lowest BCUT2D eigenvalue weighted by molar-refractivity contribution is 0.590. The number of anilines is 1. The van der Waals surface area contributed by atoms with Gasteiger partial charge in [-0.2, -0.15) is 13.5 Å². The van der Waals surface area contributed by atoms with Crippen molar-refractivity contribution < 1.29 is 8.42 Å². The Morgan fingerprint density at radius 1 is 1.04 bits per heavy atom. The van der Waals surface area contributed by atoms with Crippen molar-refractivity contribution >= 4 is 27.3 Å². The van der Waals surface area contributed by atoms with Crippen LogP contribution in [0.2, 0.25) is 5.02 Å². The van der Waals surface area contributed by atoms with Crippen LogP contribution in [0.15, 0.2) is 65.7 Å². The number of hydrogen-bond donors (Lipinski definition) is 1. The summed E-state index contributed by atoms with van der Waals surface area (Å²) in [5, 5.41) is 7.33. The van der Waals surface area contributed by atoms with Crippen molar-refractivity contribution in [3.63, 3.8) is 0 Å². The van der Waals surface area contributed by atoms with Gasteiger partial charge in [-0.15, -0.1) is 0 Å². The van der Waals surface area contributed by atoms with Crippen LogP contribution in [0, 0.1) is 0 Å². The van der Waals surface area contributed by atoms with Crippen LogP contribution in [0.5, 0.6) is 0 Å². The number of nitrogens with zero attached hydrogens (tertiary/aromatic N) is 2. The molecule has 0 aliphatic rings. The molecule has 7 heteroatoms. The Hall–Kier alpha value is -2.31. The van der Waals surface area contributed by atoms with Crippen molar-refractivity contribution in [1.29, 1.82) is 0 Å². The van der Waals surface area contributed by atoms with E-state index in [1.54, 1.807) is 48.5 Å². The molecule has 0 unspecified atom stereocenters. The third-order valence-electron chi connectivity index (χ3n) is 3.45. The van der Waals surface area contributed by atoms with E-state index in [2.05, 4.69) is 10.2 Å². The van der Waals surface area contributed by atoms with Crippen molar-refractivity contribution in [3.8, 4) is 11.3 Å². The van der Waals surface area contributed by atoms with Crippen molar-refractivity contribution in [2.45, 2.75) is 5.03 Å². The molecule has 3 aromatic rings. The Bertz CT molecular complexity index is 906. The smallest absolute Gasteiger partial charge is 0.268 e. The molecule has 5 nitrogen and oxygen atoms in total. The van der Waals surface area contributed by atoms with Gasteiger partial charge >= 0.3 is 0 Å². The minimum atomic E-state index is -3.70. The number of para-hydroxylation sites is 1. The zero-order valence-electron chi connectivity index (χ0n) is 12.3. The van der Waals surface area contributed by atoms with Crippen LogP contribution in [0.3, 0.4) is 0 Å². The summed E-state index contributed by atoms with van der Waals surface area (Å²) in [5.41, 5.74) is 1.91. The summed E-state index contributed by atoms with van der Waals surface area (Å²) in [7, 11) is -2.19. The second-order valence-corrected chi connectivity index (χ2v) is 7.31. The quantitative estimate of drug-likeness (QED) is 0.784. The Morgan fingerprint density at radius 3 is 2.35 bits per heavy atom. The monoisotopic (exact) mass is 347 g/mol. The summed E-state index contributed by atoms with van der Waals surface area (Å²) in [6.07, 6.45) is 0. The molecule has 0 atom stereocenters. The molecule has 1 aromatic heterocycles. The molecule has 118 valence electrons. The van der Waals surface area contributed by atoms with Crippen LogP contribution in [-0.4, -0.2) is 25.7 Å². The van der Waals surface area contributed by atoms with Crippen LogP contribution < -0.4 is 4.31 Å². The minimum Gasteiger partial charge on any atom is -0.268 e. The van der Waals surface area contributed by atoms with Crippen LogP contribution >= 0.6 is 11.6 Å². The number of aromatic amines is 1. The molecule has 0 saturated carbocycles. The molecule has 0 fully saturated rings. The third-order valence-corrected chi connectivity index (χ3v) is 5.40. The van der Waals surface area contributed by atoms with E-state index in [0.29, 0.717) is 16.4 Å². The lowest BCUT2D eigenvalue weighted by Gasteiger charge is -2.17. The van der Waals surface area contributed by atoms with Gasteiger partial charge in [-0.25, -0.2) is 0 Å². The van der Waals surface area contributed by atoms with E-state index in [1.165, 1.54) is 17.4 Å². The summed E-state index contributed by atoms with van der Waals surface area (Å²) in [6.45, 7) is 0. The Labute approximate surface area is 139 Å². The minimum absolute atomic E-state index is 0.0359. The van der Waals surface area contributed by atoms with Gasteiger partial charge in [0.2, 0.25) is 0 Å². The van der Waals surface area contributed by atoms with Gasteiger partial charge in [-0.3, -0.25) is 9.40 Å². The number of aromatic nitrogens is 2. The molecular formula is C16H14ClN3O2S. The van der Waals surface area contributed by atoms with Gasteiger partial charge in [0.25, 0.3) is 10.0 Å². The van der Waals surface area contributed by atoms with Gasteiger partial charge < -0.3 is 0 Å². The molecule has 0 aliphatic heterocycles. The van der Waals surface area contributed by atoms with Crippen molar-refractivity contribution in [3.05, 3.63) is 65.7 Å². The zero-order chi connectivity index (χ0) is 16.4. The predicted octanol–water partition coefficient (Wildman–Crippen LogP) is 3.56. The summed E-state index contributed by atoms with van der Waals surface area (Å²) in [5.74, 6) is 0. The van der Waals surface area contributed by atoms with Gasteiger partial charge in [0.15, 0.2) is 5.03 Å². The highest BCUT2D eigenvalue weighted by atomic mass is 35.5. The fraction of sp³-hybridized carbons (Fsp3) is 0.0625. The summed E-state index contributed by atoms with van der Waals surface area (Å²) >= 11 is 5.86. The van der Waals surface area contributed by atoms with Crippen molar-refractivity contribution in [1.82, 2.24) is 10.2 Å². The maximum atomic E-state index is 12.7. The van der Waals surface area contributed by atoms with Gasteiger partial charge in [0.05, 0.1) is 11.4 Å². The molecule has 3 rings (SSSR count). The molecule has 0 spiro atoms. The third kappa shape index (κ3) is 3.09. The number of halogens is 1. The molecule has 0 bridgehead atoms. The Morgan fingerprint density at radius 2 is 1.70 bits per heavy atom. The van der Waals surface area contributed by atoms with E-state index in [9.17, 15) is 8.42 Å². The second-order valence-electron chi connectivity index (χ2n) is 4.93. The van der Waals surface area contributed by atoms with Crippen LogP contribution in [0.4, 0.5) is 5.69 Å². The largest absolute Gasteiger partial charge is 0.281 e. The number of nitrogens with one attached hydrogen (secondary N) is 1. The summed E-state index contributed by atoms with van der Waals surface area (Å²) < 4.78 is 26.5. The fourth-order valence-corrected chi connectivity index (χ4v) is 3.37. The standard InChI is InChI=1S/C16H14ClN3O2S/c1-20(14-5-3-2-4-6-14)23(21,22)16-11-15(18-19-16)12-7-9-13(17)10-8-12/h2-11H,1H3,(H,18,19). The van der Waals surface area contributed by atoms with Gasteiger partial charge in [0.1, 0.15) is 0 Å². The first-order valence-corrected chi connectivity index (χ1v) is 8.65. The summed E-state index contributed by atoms with van der Waals surface area (Å²) in [4.78, 5) is 0. The number of hydrogen-bond acceptors (Lipinski definition) is 3. The average Bonchev–Trinajstić information content (AvgIpc) is 3.06. The SMILES string of the molecule is CN(c1ccccc1)S(=O)(=O)c1cc(-c2ccc(Cl)cc2)n[nH]1. The molecule has 1 N–H and O–H groups in total. The topological polar surface area (TPSA) is 66.1 Å². The van der Waals surface area contributed by atoms with E-state index in [4.69, 9.17) is 11.6 Å². The number of benzene rings is 2. The lowest BCUT2D eigenvalue weighted by Crippen LogP contribution is -2.26. The van der Waals surface area contributed by atoms with Crippen molar-refractivity contribution in [2.75, 3.05) is 11.4 Å². The highest BCUT2D eigenvalue weighted by Crippen LogP contribution is 2.25. The molecule has 0 saturated heterocycles. The maximum Gasteiger partial charge on any atom is 0.281 e. The van der Waals surface area contributed by atoms with Gasteiger partial charge in [-0.1, -0.05) is 41.9 Å². The van der Waals surface area contributed by atoms with E-state index in [0.717, 1.165) is 5.56 Å². The van der Waals surface area contributed by atoms with Gasteiger partial charge in [0, 0.05) is 23.7 Å². The second kappa shape index (κ2) is 6.06. The molecule has 1 heterocycles. The molecule has 0 radical (unpaired) electrons. The van der Waals surface area contributed by atoms with E-state index < -0.39 is 10.0 Å². The van der Waals surface area contributed by atoms with Crippen molar-refractivity contribution in [2.24, 2.45) is 0 Å². The summed E-state index contributed by atoms with van der Waals surface area (Å²) in [6, 6.07) is 17.4. The molecular weight excluding hydrogens is 334 g/mol. The molecule has 0 aliphatic carbocycles. The fourth-order valence-electron chi connectivity index (χ4n) is 2.13. The van der Waals surface area contributed by atoms with E-state index in [1.807, 2.05) is 6.07 Å². The number of rotatable bonds is 4. The van der Waals surface area contributed by atoms with E-state index in [-0.39, 0.29) is 5.03 Å². The highest BCUT2D eigenvalue weighted by Gasteiger charge is 2.23. The maximum absolute atomic E-state index is 12.7. The first-order chi connectivity index (χ1) is 11.0. The van der Waals surface area contributed by atoms with Crippen LogP contribution in [-0.2, 0) is 10.0 Å². The zero-order valence-corrected chi connectivity index (χ0v) is 13.8. The average molecular weight is 348 g/mol. The number of sulfonamides is 1. The van der Waals surface area contributed by atoms with E-state index >= 15 is 0 Å². The number of H-pyrrole nitrogens is 1. The lowest BCUT2D eigenvalue weighted by atomic mass is 10.2. The first-order valence-electron chi connectivity index (χ1n) is 6.84. The normalized spacial score (nSPS) is 11.4. The highest BCUT2D eigenvalue weighted by molar-refractivity contribution is 7.92. The van der Waals surface area contributed by atoms with Crippen LogP contribution in [0.1, 0.15) is 0 Å². The first kappa shape index (κ1) is 15.6. The predicted molar refractivity (Wildman–Crippen MR) is 91.1 cm³/mol. The van der Waals surface area contributed by atoms with Crippen LogP contribution in [0.25, 0.3) is 11.3 Å². The Balaban J connectivity index is 1.94. The molecule has 2 aromatic carbocycles. The Kier molecular flexibility index (Phi) is 4.11. The molecule has 23 heavy (non-hydrogen) atoms. The van der Waals surface area contributed by atoms with Gasteiger partial charge in [-0.05, 0) is 24.3 Å².